The first-order valence-electron chi connectivity index (χ1n) is 9.66. The number of aromatic nitrogens is 2. The number of nitrogens with zero attached hydrogens (tertiary/aromatic N) is 3. The summed E-state index contributed by atoms with van der Waals surface area (Å²) in [5.74, 6) is 0.0422. The largest absolute Gasteiger partial charge is 0.352 e. The number of benzene rings is 1. The van der Waals surface area contributed by atoms with Crippen LogP contribution >= 0.6 is 15.9 Å². The van der Waals surface area contributed by atoms with Crippen LogP contribution in [-0.4, -0.2) is 70.1 Å². The van der Waals surface area contributed by atoms with E-state index in [0.717, 1.165) is 28.6 Å². The molecule has 0 radical (unpaired) electrons. The second-order valence-electron chi connectivity index (χ2n) is 7.46. The van der Waals surface area contributed by atoms with Crippen molar-refractivity contribution in [3.8, 4) is 11.3 Å². The second kappa shape index (κ2) is 8.05. The molecule has 2 amide bonds. The van der Waals surface area contributed by atoms with Crippen LogP contribution in [0.2, 0.25) is 0 Å². The molecule has 1 aromatic carbocycles. The van der Waals surface area contributed by atoms with Crippen molar-refractivity contribution in [2.45, 2.75) is 31.8 Å². The Morgan fingerprint density at radius 2 is 1.86 bits per heavy atom. The van der Waals surface area contributed by atoms with Gasteiger partial charge in [0.15, 0.2) is 0 Å². The van der Waals surface area contributed by atoms with E-state index in [9.17, 15) is 9.59 Å². The van der Waals surface area contributed by atoms with Gasteiger partial charge in [-0.15, -0.1) is 0 Å². The number of rotatable bonds is 5. The van der Waals surface area contributed by atoms with Crippen LogP contribution in [0.4, 0.5) is 0 Å². The standard InChI is InChI=1S/C20H24BrN5O2/c1-13(19(27)22-16-6-7-16)25-8-10-26(11-9-25)20(28)18-12-17(23-24-18)14-2-4-15(21)5-3-14/h2-5,12-13,16H,6-11H2,1H3,(H,22,27)(H,23,24)/t13-/m0/s1. The van der Waals surface area contributed by atoms with Crippen molar-refractivity contribution in [3.05, 3.63) is 40.5 Å². The molecule has 1 saturated heterocycles. The number of nitrogens with one attached hydrogen (secondary N) is 2. The molecule has 2 aliphatic rings. The summed E-state index contributed by atoms with van der Waals surface area (Å²) in [6.45, 7) is 4.53. The average molecular weight is 446 g/mol. The van der Waals surface area contributed by atoms with Crippen LogP contribution < -0.4 is 5.32 Å². The molecular weight excluding hydrogens is 422 g/mol. The minimum Gasteiger partial charge on any atom is -0.352 e. The van der Waals surface area contributed by atoms with Gasteiger partial charge in [-0.05, 0) is 38.0 Å². The second-order valence-corrected chi connectivity index (χ2v) is 8.38. The predicted octanol–water partition coefficient (Wildman–Crippen LogP) is 2.26. The minimum absolute atomic E-state index is 0.0504. The average Bonchev–Trinajstić information content (AvgIpc) is 3.39. The van der Waals surface area contributed by atoms with Crippen molar-refractivity contribution in [1.82, 2.24) is 25.3 Å². The third-order valence-electron chi connectivity index (χ3n) is 5.40. The Bertz CT molecular complexity index is 854. The topological polar surface area (TPSA) is 81.3 Å². The summed E-state index contributed by atoms with van der Waals surface area (Å²) < 4.78 is 1.00. The van der Waals surface area contributed by atoms with Gasteiger partial charge in [0.05, 0.1) is 11.7 Å². The Balaban J connectivity index is 1.33. The van der Waals surface area contributed by atoms with E-state index in [-0.39, 0.29) is 17.9 Å². The van der Waals surface area contributed by atoms with Gasteiger partial charge in [0.1, 0.15) is 5.69 Å². The highest BCUT2D eigenvalue weighted by Gasteiger charge is 2.31. The van der Waals surface area contributed by atoms with Crippen LogP contribution in [0.1, 0.15) is 30.3 Å². The highest BCUT2D eigenvalue weighted by atomic mass is 79.9. The Morgan fingerprint density at radius 3 is 2.50 bits per heavy atom. The third-order valence-corrected chi connectivity index (χ3v) is 5.93. The summed E-state index contributed by atoms with van der Waals surface area (Å²) in [6, 6.07) is 9.83. The SMILES string of the molecule is C[C@@H](C(=O)NC1CC1)N1CCN(C(=O)c2cc(-c3ccc(Br)cc3)n[nH]2)CC1. The molecule has 1 aliphatic heterocycles. The minimum atomic E-state index is -0.158. The lowest BCUT2D eigenvalue weighted by molar-refractivity contribution is -0.126. The quantitative estimate of drug-likeness (QED) is 0.739. The molecule has 2 N–H and O–H groups in total. The zero-order valence-electron chi connectivity index (χ0n) is 15.8. The van der Waals surface area contributed by atoms with E-state index in [1.807, 2.05) is 36.1 Å². The van der Waals surface area contributed by atoms with Gasteiger partial charge < -0.3 is 10.2 Å². The first-order chi connectivity index (χ1) is 13.5. The number of amides is 2. The van der Waals surface area contributed by atoms with Gasteiger partial charge >= 0.3 is 0 Å². The predicted molar refractivity (Wildman–Crippen MR) is 110 cm³/mol. The van der Waals surface area contributed by atoms with Crippen molar-refractivity contribution in [2.75, 3.05) is 26.2 Å². The van der Waals surface area contributed by atoms with E-state index >= 15 is 0 Å². The number of aromatic amines is 1. The fourth-order valence-electron chi connectivity index (χ4n) is 3.40. The maximum Gasteiger partial charge on any atom is 0.271 e. The molecule has 1 aliphatic carbocycles. The van der Waals surface area contributed by atoms with E-state index in [4.69, 9.17) is 0 Å². The van der Waals surface area contributed by atoms with E-state index in [2.05, 4.69) is 36.3 Å². The smallest absolute Gasteiger partial charge is 0.271 e. The van der Waals surface area contributed by atoms with E-state index in [1.54, 1.807) is 6.07 Å². The molecule has 8 heteroatoms. The van der Waals surface area contributed by atoms with Crippen LogP contribution in [0.5, 0.6) is 0 Å². The molecule has 28 heavy (non-hydrogen) atoms. The number of hydrogen-bond donors (Lipinski definition) is 2. The Hall–Kier alpha value is -2.19. The van der Waals surface area contributed by atoms with Crippen molar-refractivity contribution >= 4 is 27.7 Å². The number of carbonyl (C=O) groups excluding carboxylic acids is 2. The summed E-state index contributed by atoms with van der Waals surface area (Å²) in [4.78, 5) is 29.0. The summed E-state index contributed by atoms with van der Waals surface area (Å²) in [6.07, 6.45) is 2.18. The molecule has 1 aromatic heterocycles. The van der Waals surface area contributed by atoms with Crippen molar-refractivity contribution < 1.29 is 9.59 Å². The molecule has 148 valence electrons. The molecule has 1 saturated carbocycles. The highest BCUT2D eigenvalue weighted by Crippen LogP contribution is 2.22. The molecule has 7 nitrogen and oxygen atoms in total. The normalized spacial score (nSPS) is 18.7. The number of hydrogen-bond acceptors (Lipinski definition) is 4. The third kappa shape index (κ3) is 4.28. The van der Waals surface area contributed by atoms with Crippen molar-refractivity contribution in [1.29, 1.82) is 0 Å². The Kier molecular flexibility index (Phi) is 5.50. The summed E-state index contributed by atoms with van der Waals surface area (Å²) in [5.41, 5.74) is 2.20. The van der Waals surface area contributed by atoms with Gasteiger partial charge in [-0.25, -0.2) is 0 Å². The summed E-state index contributed by atoms with van der Waals surface area (Å²) in [5, 5.41) is 10.2. The monoisotopic (exact) mass is 445 g/mol. The van der Waals surface area contributed by atoms with Gasteiger partial charge in [0.25, 0.3) is 5.91 Å². The van der Waals surface area contributed by atoms with E-state index in [0.29, 0.717) is 37.9 Å². The molecule has 0 unspecified atom stereocenters. The molecule has 2 heterocycles. The number of H-pyrrole nitrogens is 1. The van der Waals surface area contributed by atoms with Crippen LogP contribution in [0.3, 0.4) is 0 Å². The lowest BCUT2D eigenvalue weighted by atomic mass is 10.1. The molecule has 2 fully saturated rings. The van der Waals surface area contributed by atoms with Crippen LogP contribution in [0.25, 0.3) is 11.3 Å². The zero-order chi connectivity index (χ0) is 19.7. The fourth-order valence-corrected chi connectivity index (χ4v) is 3.66. The highest BCUT2D eigenvalue weighted by molar-refractivity contribution is 9.10. The van der Waals surface area contributed by atoms with E-state index < -0.39 is 0 Å². The van der Waals surface area contributed by atoms with Crippen molar-refractivity contribution in [2.24, 2.45) is 0 Å². The molecule has 0 bridgehead atoms. The number of carbonyl (C=O) groups is 2. The lowest BCUT2D eigenvalue weighted by Gasteiger charge is -2.37. The van der Waals surface area contributed by atoms with E-state index in [1.165, 1.54) is 0 Å². The Morgan fingerprint density at radius 1 is 1.18 bits per heavy atom. The molecule has 4 rings (SSSR count). The molecule has 1 atom stereocenters. The van der Waals surface area contributed by atoms with Gasteiger partial charge in [-0.1, -0.05) is 28.1 Å². The maximum absolute atomic E-state index is 12.8. The van der Waals surface area contributed by atoms with Crippen LogP contribution in [-0.2, 0) is 4.79 Å². The number of piperazine rings is 1. The molecular formula is C20H24BrN5O2. The fraction of sp³-hybridized carbons (Fsp3) is 0.450. The zero-order valence-corrected chi connectivity index (χ0v) is 17.4. The van der Waals surface area contributed by atoms with Crippen LogP contribution in [0, 0.1) is 0 Å². The first kappa shape index (κ1) is 19.1. The summed E-state index contributed by atoms with van der Waals surface area (Å²) in [7, 11) is 0. The van der Waals surface area contributed by atoms with Gasteiger partial charge in [0, 0.05) is 42.3 Å². The van der Waals surface area contributed by atoms with Crippen molar-refractivity contribution in [3.63, 3.8) is 0 Å². The molecule has 2 aromatic rings. The lowest BCUT2D eigenvalue weighted by Crippen LogP contribution is -2.55. The summed E-state index contributed by atoms with van der Waals surface area (Å²) >= 11 is 3.42. The van der Waals surface area contributed by atoms with Gasteiger partial charge in [-0.2, -0.15) is 5.10 Å². The Labute approximate surface area is 172 Å². The first-order valence-corrected chi connectivity index (χ1v) is 10.5. The van der Waals surface area contributed by atoms with Crippen LogP contribution in [0.15, 0.2) is 34.8 Å². The molecule has 0 spiro atoms. The number of halogens is 1. The van der Waals surface area contributed by atoms with Gasteiger partial charge in [0.2, 0.25) is 5.91 Å². The van der Waals surface area contributed by atoms with Gasteiger partial charge in [-0.3, -0.25) is 19.6 Å². The maximum atomic E-state index is 12.8.